The zero-order valence-electron chi connectivity index (χ0n) is 15.8. The van der Waals surface area contributed by atoms with Gasteiger partial charge >= 0.3 is 0 Å². The molecule has 0 bridgehead atoms. The standard InChI is InChI=1S/C22H24BrN3O2/c23-18-14-20-21(24-15-18)19(22(27)25-10-12-28-13-11-25)16-26(20)9-5-4-8-17-6-2-1-3-7-17/h1-3,6-7,14-16H,4-5,8-13H2. The third-order valence-electron chi connectivity index (χ3n) is 5.17. The van der Waals surface area contributed by atoms with Gasteiger partial charge in [-0.25, -0.2) is 0 Å². The van der Waals surface area contributed by atoms with Gasteiger partial charge in [-0.1, -0.05) is 30.3 Å². The predicted molar refractivity (Wildman–Crippen MR) is 114 cm³/mol. The van der Waals surface area contributed by atoms with Crippen LogP contribution in [0.15, 0.2) is 53.3 Å². The van der Waals surface area contributed by atoms with Gasteiger partial charge in [-0.05, 0) is 46.8 Å². The van der Waals surface area contributed by atoms with Crippen molar-refractivity contribution in [1.82, 2.24) is 14.5 Å². The molecule has 5 nitrogen and oxygen atoms in total. The van der Waals surface area contributed by atoms with E-state index in [2.05, 4.69) is 55.8 Å². The average molecular weight is 442 g/mol. The number of aromatic nitrogens is 2. The smallest absolute Gasteiger partial charge is 0.257 e. The van der Waals surface area contributed by atoms with Crippen LogP contribution in [0.2, 0.25) is 0 Å². The molecule has 1 fully saturated rings. The number of nitrogens with zero attached hydrogens (tertiary/aromatic N) is 3. The van der Waals surface area contributed by atoms with Crippen molar-refractivity contribution < 1.29 is 9.53 Å². The van der Waals surface area contributed by atoms with Crippen LogP contribution >= 0.6 is 15.9 Å². The highest BCUT2D eigenvalue weighted by Gasteiger charge is 2.23. The minimum atomic E-state index is 0.0474. The molecule has 0 radical (unpaired) electrons. The molecule has 1 amide bonds. The van der Waals surface area contributed by atoms with Crippen LogP contribution in [0, 0.1) is 0 Å². The van der Waals surface area contributed by atoms with E-state index in [1.165, 1.54) is 5.56 Å². The Kier molecular flexibility index (Phi) is 6.07. The van der Waals surface area contributed by atoms with Crippen LogP contribution in [0.1, 0.15) is 28.8 Å². The van der Waals surface area contributed by atoms with Crippen molar-refractivity contribution in [2.75, 3.05) is 26.3 Å². The maximum atomic E-state index is 13.0. The van der Waals surface area contributed by atoms with Crippen molar-refractivity contribution in [3.05, 3.63) is 64.4 Å². The van der Waals surface area contributed by atoms with E-state index in [1.807, 2.05) is 17.2 Å². The van der Waals surface area contributed by atoms with Gasteiger partial charge in [0.05, 0.1) is 24.3 Å². The van der Waals surface area contributed by atoms with Crippen molar-refractivity contribution in [1.29, 1.82) is 0 Å². The van der Waals surface area contributed by atoms with Gasteiger partial charge in [0.15, 0.2) is 0 Å². The van der Waals surface area contributed by atoms with Crippen LogP contribution in [0.4, 0.5) is 0 Å². The van der Waals surface area contributed by atoms with E-state index >= 15 is 0 Å². The van der Waals surface area contributed by atoms with Crippen molar-refractivity contribution >= 4 is 32.9 Å². The number of benzene rings is 1. The molecule has 0 aliphatic carbocycles. The summed E-state index contributed by atoms with van der Waals surface area (Å²) in [6, 6.07) is 12.6. The van der Waals surface area contributed by atoms with Gasteiger partial charge in [0, 0.05) is 36.5 Å². The van der Waals surface area contributed by atoms with E-state index in [9.17, 15) is 4.79 Å². The Morgan fingerprint density at radius 2 is 1.93 bits per heavy atom. The summed E-state index contributed by atoms with van der Waals surface area (Å²) in [5.41, 5.74) is 3.84. The fourth-order valence-corrected chi connectivity index (χ4v) is 4.00. The van der Waals surface area contributed by atoms with Gasteiger partial charge in [0.2, 0.25) is 0 Å². The zero-order valence-corrected chi connectivity index (χ0v) is 17.4. The number of fused-ring (bicyclic) bond motifs is 1. The molecular formula is C22H24BrN3O2. The highest BCUT2D eigenvalue weighted by atomic mass is 79.9. The fourth-order valence-electron chi connectivity index (χ4n) is 3.68. The maximum absolute atomic E-state index is 13.0. The molecule has 1 aliphatic rings. The molecule has 3 aromatic rings. The number of hydrogen-bond acceptors (Lipinski definition) is 3. The van der Waals surface area contributed by atoms with Crippen LogP contribution in [0.25, 0.3) is 11.0 Å². The molecule has 1 aliphatic heterocycles. The monoisotopic (exact) mass is 441 g/mol. The lowest BCUT2D eigenvalue weighted by Gasteiger charge is -2.26. The molecule has 0 spiro atoms. The van der Waals surface area contributed by atoms with E-state index in [0.29, 0.717) is 31.9 Å². The molecule has 2 aromatic heterocycles. The minimum Gasteiger partial charge on any atom is -0.378 e. The van der Waals surface area contributed by atoms with Gasteiger partial charge in [0.1, 0.15) is 5.52 Å². The summed E-state index contributed by atoms with van der Waals surface area (Å²) in [6.07, 6.45) is 6.97. The first-order chi connectivity index (χ1) is 13.7. The molecule has 146 valence electrons. The summed E-state index contributed by atoms with van der Waals surface area (Å²) < 4.78 is 8.47. The molecule has 0 N–H and O–H groups in total. The molecule has 4 rings (SSSR count). The van der Waals surface area contributed by atoms with Crippen LogP contribution < -0.4 is 0 Å². The quantitative estimate of drug-likeness (QED) is 0.535. The first kappa shape index (κ1) is 19.2. The number of halogens is 1. The molecule has 0 atom stereocenters. The van der Waals surface area contributed by atoms with E-state index in [4.69, 9.17) is 4.74 Å². The second-order valence-corrected chi connectivity index (χ2v) is 8.02. The molecule has 0 saturated carbocycles. The van der Waals surface area contributed by atoms with Crippen LogP contribution in [-0.4, -0.2) is 46.7 Å². The lowest BCUT2D eigenvalue weighted by Crippen LogP contribution is -2.40. The summed E-state index contributed by atoms with van der Waals surface area (Å²) in [4.78, 5) is 19.4. The van der Waals surface area contributed by atoms with Crippen LogP contribution in [0.3, 0.4) is 0 Å². The molecule has 0 unspecified atom stereocenters. The fraction of sp³-hybridized carbons (Fsp3) is 0.364. The van der Waals surface area contributed by atoms with Crippen molar-refractivity contribution in [2.45, 2.75) is 25.8 Å². The van der Waals surface area contributed by atoms with E-state index in [-0.39, 0.29) is 5.91 Å². The summed E-state index contributed by atoms with van der Waals surface area (Å²) in [6.45, 7) is 3.35. The second-order valence-electron chi connectivity index (χ2n) is 7.10. The maximum Gasteiger partial charge on any atom is 0.257 e. The lowest BCUT2D eigenvalue weighted by molar-refractivity contribution is 0.0304. The number of carbonyl (C=O) groups is 1. The molecular weight excluding hydrogens is 418 g/mol. The lowest BCUT2D eigenvalue weighted by atomic mass is 10.1. The Hall–Kier alpha value is -2.18. The third kappa shape index (κ3) is 4.28. The third-order valence-corrected chi connectivity index (χ3v) is 5.60. The first-order valence-electron chi connectivity index (χ1n) is 9.78. The molecule has 1 saturated heterocycles. The number of ether oxygens (including phenoxy) is 1. The number of unbranched alkanes of at least 4 members (excludes halogenated alkanes) is 1. The number of aryl methyl sites for hydroxylation is 2. The van der Waals surface area contributed by atoms with Crippen molar-refractivity contribution in [3.63, 3.8) is 0 Å². The van der Waals surface area contributed by atoms with E-state index < -0.39 is 0 Å². The summed E-state index contributed by atoms with van der Waals surface area (Å²) in [5.74, 6) is 0.0474. The number of carbonyl (C=O) groups excluding carboxylic acids is 1. The van der Waals surface area contributed by atoms with E-state index in [1.54, 1.807) is 6.20 Å². The first-order valence-corrected chi connectivity index (χ1v) is 10.6. The topological polar surface area (TPSA) is 47.4 Å². The summed E-state index contributed by atoms with van der Waals surface area (Å²) >= 11 is 3.51. The number of amides is 1. The van der Waals surface area contributed by atoms with Crippen molar-refractivity contribution in [2.24, 2.45) is 0 Å². The normalized spacial score (nSPS) is 14.5. The Labute approximate surface area is 173 Å². The minimum absolute atomic E-state index is 0.0474. The largest absolute Gasteiger partial charge is 0.378 e. The highest BCUT2D eigenvalue weighted by Crippen LogP contribution is 2.25. The van der Waals surface area contributed by atoms with Crippen LogP contribution in [0.5, 0.6) is 0 Å². The number of pyridine rings is 1. The summed E-state index contributed by atoms with van der Waals surface area (Å²) in [7, 11) is 0. The Morgan fingerprint density at radius 1 is 1.14 bits per heavy atom. The number of rotatable bonds is 6. The van der Waals surface area contributed by atoms with Gasteiger partial charge in [-0.15, -0.1) is 0 Å². The number of hydrogen-bond donors (Lipinski definition) is 0. The Morgan fingerprint density at radius 3 is 2.71 bits per heavy atom. The van der Waals surface area contributed by atoms with Gasteiger partial charge in [-0.3, -0.25) is 9.78 Å². The molecule has 1 aromatic carbocycles. The summed E-state index contributed by atoms with van der Waals surface area (Å²) in [5, 5.41) is 0. The van der Waals surface area contributed by atoms with Gasteiger partial charge in [-0.2, -0.15) is 0 Å². The Bertz CT molecular complexity index is 949. The average Bonchev–Trinajstić information content (AvgIpc) is 3.10. The van der Waals surface area contributed by atoms with Gasteiger partial charge in [0.25, 0.3) is 5.91 Å². The highest BCUT2D eigenvalue weighted by molar-refractivity contribution is 9.10. The molecule has 6 heteroatoms. The second kappa shape index (κ2) is 8.88. The van der Waals surface area contributed by atoms with Crippen molar-refractivity contribution in [3.8, 4) is 0 Å². The Balaban J connectivity index is 1.50. The number of morpholine rings is 1. The zero-order chi connectivity index (χ0) is 19.3. The van der Waals surface area contributed by atoms with Gasteiger partial charge < -0.3 is 14.2 Å². The van der Waals surface area contributed by atoms with Crippen LogP contribution in [-0.2, 0) is 17.7 Å². The van der Waals surface area contributed by atoms with E-state index in [0.717, 1.165) is 41.3 Å². The molecule has 3 heterocycles. The molecule has 28 heavy (non-hydrogen) atoms. The predicted octanol–water partition coefficient (Wildman–Crippen LogP) is 4.29. The SMILES string of the molecule is O=C(c1cn(CCCCc2ccccc2)c2cc(Br)cnc12)N1CCOCC1.